The van der Waals surface area contributed by atoms with Crippen LogP contribution < -0.4 is 15.2 Å². The molecule has 1 fully saturated rings. The van der Waals surface area contributed by atoms with E-state index in [1.54, 1.807) is 12.1 Å². The number of sulfonamides is 1. The first-order valence-electron chi connectivity index (χ1n) is 8.02. The number of hydrogen-bond acceptors (Lipinski definition) is 5. The summed E-state index contributed by atoms with van der Waals surface area (Å²) >= 11 is 12.2. The van der Waals surface area contributed by atoms with E-state index in [1.165, 1.54) is 0 Å². The van der Waals surface area contributed by atoms with Gasteiger partial charge in [0, 0.05) is 29.6 Å². The molecule has 0 atom stereocenters. The summed E-state index contributed by atoms with van der Waals surface area (Å²) in [7, 11) is -3.37. The Hall–Kier alpha value is -0.830. The van der Waals surface area contributed by atoms with Crippen molar-refractivity contribution in [1.82, 2.24) is 9.62 Å². The van der Waals surface area contributed by atoms with E-state index in [9.17, 15) is 8.42 Å². The average Bonchev–Trinajstić information content (AvgIpc) is 2.58. The standard InChI is InChI=1S/C16H23Cl2N3O3S/c1-2-25(22,23)20-13-3-5-21(6-4-13)7-8-24-16-9-12(11-19)14(17)10-15(16)18/h2,9-10,13,20H,1,3-8,11,19H2. The van der Waals surface area contributed by atoms with Gasteiger partial charge in [-0.25, -0.2) is 13.1 Å². The minimum Gasteiger partial charge on any atom is -0.491 e. The maximum atomic E-state index is 11.5. The number of benzene rings is 1. The van der Waals surface area contributed by atoms with Crippen molar-refractivity contribution in [3.63, 3.8) is 0 Å². The van der Waals surface area contributed by atoms with Crippen molar-refractivity contribution in [3.8, 4) is 5.75 Å². The summed E-state index contributed by atoms with van der Waals surface area (Å²) in [5.74, 6) is 0.570. The number of rotatable bonds is 8. The second-order valence-corrected chi connectivity index (χ2v) is 8.35. The number of nitrogens with one attached hydrogen (secondary N) is 1. The fourth-order valence-electron chi connectivity index (χ4n) is 2.68. The van der Waals surface area contributed by atoms with Crippen LogP contribution in [0.2, 0.25) is 10.0 Å². The summed E-state index contributed by atoms with van der Waals surface area (Å²) in [5, 5.41) is 1.93. The van der Waals surface area contributed by atoms with Gasteiger partial charge in [-0.15, -0.1) is 0 Å². The molecule has 0 aromatic heterocycles. The summed E-state index contributed by atoms with van der Waals surface area (Å²) in [6.45, 7) is 6.44. The quantitative estimate of drug-likeness (QED) is 0.690. The fourth-order valence-corrected chi connectivity index (χ4v) is 3.99. The number of halogens is 2. The predicted molar refractivity (Wildman–Crippen MR) is 102 cm³/mol. The lowest BCUT2D eigenvalue weighted by atomic mass is 10.1. The second kappa shape index (κ2) is 9.21. The molecule has 3 N–H and O–H groups in total. The van der Waals surface area contributed by atoms with Crippen molar-refractivity contribution < 1.29 is 13.2 Å². The Balaban J connectivity index is 1.78. The van der Waals surface area contributed by atoms with Gasteiger partial charge in [0.2, 0.25) is 10.0 Å². The lowest BCUT2D eigenvalue weighted by Crippen LogP contribution is -2.45. The first-order valence-corrected chi connectivity index (χ1v) is 10.3. The van der Waals surface area contributed by atoms with E-state index in [0.29, 0.717) is 28.9 Å². The molecule has 6 nitrogen and oxygen atoms in total. The summed E-state index contributed by atoms with van der Waals surface area (Å²) in [6, 6.07) is 3.36. The summed E-state index contributed by atoms with van der Waals surface area (Å²) < 4.78 is 31.4. The largest absolute Gasteiger partial charge is 0.491 e. The van der Waals surface area contributed by atoms with Gasteiger partial charge in [0.15, 0.2) is 0 Å². The summed E-state index contributed by atoms with van der Waals surface area (Å²) in [4.78, 5) is 2.23. The number of nitrogens with zero attached hydrogens (tertiary/aromatic N) is 1. The van der Waals surface area contributed by atoms with Crippen LogP contribution in [-0.2, 0) is 16.6 Å². The van der Waals surface area contributed by atoms with Gasteiger partial charge >= 0.3 is 0 Å². The van der Waals surface area contributed by atoms with Gasteiger partial charge in [-0.2, -0.15) is 0 Å². The van der Waals surface area contributed by atoms with Crippen LogP contribution in [0, 0.1) is 0 Å². The van der Waals surface area contributed by atoms with Crippen LogP contribution in [0.4, 0.5) is 0 Å². The van der Waals surface area contributed by atoms with E-state index < -0.39 is 10.0 Å². The molecule has 0 spiro atoms. The molecule has 1 aromatic rings. The van der Waals surface area contributed by atoms with Gasteiger partial charge in [0.05, 0.1) is 5.02 Å². The van der Waals surface area contributed by atoms with Crippen molar-refractivity contribution in [2.45, 2.75) is 25.4 Å². The second-order valence-electron chi connectivity index (χ2n) is 5.87. The number of piperidine rings is 1. The van der Waals surface area contributed by atoms with Crippen molar-refractivity contribution in [1.29, 1.82) is 0 Å². The van der Waals surface area contributed by atoms with Crippen LogP contribution in [0.15, 0.2) is 24.1 Å². The van der Waals surface area contributed by atoms with E-state index in [-0.39, 0.29) is 6.04 Å². The fraction of sp³-hybridized carbons (Fsp3) is 0.500. The molecule has 1 aliphatic heterocycles. The molecule has 1 saturated heterocycles. The first-order chi connectivity index (χ1) is 11.8. The van der Waals surface area contributed by atoms with Crippen LogP contribution in [-0.4, -0.2) is 45.6 Å². The van der Waals surface area contributed by atoms with Gasteiger partial charge < -0.3 is 10.5 Å². The number of ether oxygens (including phenoxy) is 1. The average molecular weight is 408 g/mol. The van der Waals surface area contributed by atoms with Gasteiger partial charge in [0.1, 0.15) is 12.4 Å². The van der Waals surface area contributed by atoms with Crippen molar-refractivity contribution in [2.24, 2.45) is 5.73 Å². The Morgan fingerprint density at radius 1 is 1.32 bits per heavy atom. The molecule has 0 unspecified atom stereocenters. The molecular weight excluding hydrogens is 385 g/mol. The topological polar surface area (TPSA) is 84.7 Å². The molecule has 1 heterocycles. The molecule has 25 heavy (non-hydrogen) atoms. The van der Waals surface area contributed by atoms with Crippen LogP contribution >= 0.6 is 23.2 Å². The molecule has 0 saturated carbocycles. The predicted octanol–water partition coefficient (Wildman–Crippen LogP) is 2.36. The van der Waals surface area contributed by atoms with Crippen LogP contribution in [0.25, 0.3) is 0 Å². The van der Waals surface area contributed by atoms with E-state index in [1.807, 2.05) is 0 Å². The molecule has 0 aliphatic carbocycles. The van der Waals surface area contributed by atoms with E-state index in [4.69, 9.17) is 33.7 Å². The number of nitrogens with two attached hydrogens (primary N) is 1. The first kappa shape index (κ1) is 20.5. The smallest absolute Gasteiger partial charge is 0.233 e. The van der Waals surface area contributed by atoms with E-state index >= 15 is 0 Å². The number of hydrogen-bond donors (Lipinski definition) is 2. The third-order valence-corrected chi connectivity index (χ3v) is 5.87. The molecular formula is C16H23Cl2N3O3S. The number of likely N-dealkylation sites (tertiary alicyclic amines) is 1. The highest BCUT2D eigenvalue weighted by molar-refractivity contribution is 7.92. The zero-order chi connectivity index (χ0) is 18.4. The molecule has 1 aliphatic rings. The zero-order valence-electron chi connectivity index (χ0n) is 13.9. The van der Waals surface area contributed by atoms with Gasteiger partial charge in [0.25, 0.3) is 0 Å². The Bertz CT molecular complexity index is 705. The normalized spacial score (nSPS) is 16.8. The minimum absolute atomic E-state index is 0.0435. The zero-order valence-corrected chi connectivity index (χ0v) is 16.2. The highest BCUT2D eigenvalue weighted by Crippen LogP contribution is 2.31. The Morgan fingerprint density at radius 3 is 2.60 bits per heavy atom. The van der Waals surface area contributed by atoms with Crippen molar-refractivity contribution >= 4 is 33.2 Å². The molecule has 0 bridgehead atoms. The minimum atomic E-state index is -3.37. The van der Waals surface area contributed by atoms with Gasteiger partial charge in [-0.05, 0) is 43.6 Å². The SMILES string of the molecule is C=CS(=O)(=O)NC1CCN(CCOc2cc(CN)c(Cl)cc2Cl)CC1. The molecule has 0 radical (unpaired) electrons. The third-order valence-electron chi connectivity index (χ3n) is 4.12. The third kappa shape index (κ3) is 6.13. The van der Waals surface area contributed by atoms with Crippen molar-refractivity contribution in [3.05, 3.63) is 39.7 Å². The Morgan fingerprint density at radius 2 is 2.00 bits per heavy atom. The molecule has 1 aromatic carbocycles. The van der Waals surface area contributed by atoms with Crippen LogP contribution in [0.3, 0.4) is 0 Å². The Labute approximate surface area is 159 Å². The highest BCUT2D eigenvalue weighted by Gasteiger charge is 2.22. The van der Waals surface area contributed by atoms with E-state index in [2.05, 4.69) is 16.2 Å². The summed E-state index contributed by atoms with van der Waals surface area (Å²) in [5.41, 5.74) is 6.42. The van der Waals surface area contributed by atoms with Crippen molar-refractivity contribution in [2.75, 3.05) is 26.2 Å². The van der Waals surface area contributed by atoms with Gasteiger partial charge in [-0.3, -0.25) is 4.90 Å². The molecule has 9 heteroatoms. The molecule has 140 valence electrons. The molecule has 0 amide bonds. The summed E-state index contributed by atoms with van der Waals surface area (Å²) in [6.07, 6.45) is 1.51. The Kier molecular flexibility index (Phi) is 7.54. The van der Waals surface area contributed by atoms with Crippen LogP contribution in [0.1, 0.15) is 18.4 Å². The molecule has 2 rings (SSSR count). The monoisotopic (exact) mass is 407 g/mol. The van der Waals surface area contributed by atoms with Gasteiger partial charge in [-0.1, -0.05) is 29.8 Å². The maximum absolute atomic E-state index is 11.5. The lowest BCUT2D eigenvalue weighted by Gasteiger charge is -2.31. The highest BCUT2D eigenvalue weighted by atomic mass is 35.5. The maximum Gasteiger partial charge on any atom is 0.233 e. The lowest BCUT2D eigenvalue weighted by molar-refractivity contribution is 0.170. The van der Waals surface area contributed by atoms with E-state index in [0.717, 1.165) is 43.4 Å². The van der Waals surface area contributed by atoms with Crippen LogP contribution in [0.5, 0.6) is 5.75 Å².